The predicted molar refractivity (Wildman–Crippen MR) is 159 cm³/mol. The molecule has 0 aliphatic carbocycles. The molecule has 15 heteroatoms. The number of nitrogens with zero attached hydrogens (tertiary/aromatic N) is 9. The Morgan fingerprint density at radius 1 is 0.805 bits per heavy atom. The molecule has 1 aliphatic heterocycles. The number of hydrogen-bond acceptors (Lipinski definition) is 8. The van der Waals surface area contributed by atoms with Gasteiger partial charge in [-0.3, -0.25) is 32.8 Å². The number of imidazole rings is 2. The fraction of sp³-hybridized carbons (Fsp3) is 0.385. The molecule has 1 N–H and O–H groups in total. The van der Waals surface area contributed by atoms with Crippen LogP contribution in [-0.4, -0.2) is 75.4 Å². The Morgan fingerprint density at radius 2 is 1.44 bits per heavy atom. The third-order valence-electron chi connectivity index (χ3n) is 7.47. The van der Waals surface area contributed by atoms with E-state index in [1.54, 1.807) is 20.4 Å². The highest BCUT2D eigenvalue weighted by Gasteiger charge is 2.20. The molecular formula is C26H33ClN10O4. The van der Waals surface area contributed by atoms with Crippen LogP contribution in [0.5, 0.6) is 0 Å². The highest BCUT2D eigenvalue weighted by molar-refractivity contribution is 6.33. The van der Waals surface area contributed by atoms with E-state index in [1.165, 1.54) is 29.6 Å². The van der Waals surface area contributed by atoms with Crippen LogP contribution in [0.25, 0.3) is 22.3 Å². The predicted octanol–water partition coefficient (Wildman–Crippen LogP) is 0.116. The molecule has 1 aliphatic rings. The minimum absolute atomic E-state index is 0. The number of H-pyrrole nitrogens is 1. The molecule has 6 rings (SSSR count). The first kappa shape index (κ1) is 28.1. The lowest BCUT2D eigenvalue weighted by molar-refractivity contribution is 0.249. The van der Waals surface area contributed by atoms with E-state index in [2.05, 4.69) is 30.8 Å². The van der Waals surface area contributed by atoms with Gasteiger partial charge in [0.05, 0.1) is 23.4 Å². The minimum Gasteiger partial charge on any atom is -0.368 e. The molecule has 0 atom stereocenters. The summed E-state index contributed by atoms with van der Waals surface area (Å²) >= 11 is 6.31. The van der Waals surface area contributed by atoms with Gasteiger partial charge in [-0.15, -0.1) is 0 Å². The molecule has 5 aromatic rings. The number of aromatic amines is 1. The monoisotopic (exact) mass is 584 g/mol. The number of hydrogen-bond donors (Lipinski definition) is 1. The Kier molecular flexibility index (Phi) is 7.69. The highest BCUT2D eigenvalue weighted by atomic mass is 35.5. The van der Waals surface area contributed by atoms with Crippen LogP contribution in [0.4, 0.5) is 5.69 Å². The summed E-state index contributed by atoms with van der Waals surface area (Å²) in [4.78, 5) is 62.9. The second kappa shape index (κ2) is 11.2. The van der Waals surface area contributed by atoms with E-state index < -0.39 is 0 Å². The van der Waals surface area contributed by atoms with Crippen molar-refractivity contribution in [2.45, 2.75) is 6.54 Å². The van der Waals surface area contributed by atoms with Crippen molar-refractivity contribution in [3.8, 4) is 0 Å². The van der Waals surface area contributed by atoms with Gasteiger partial charge in [0.1, 0.15) is 5.52 Å². The van der Waals surface area contributed by atoms with E-state index in [0.717, 1.165) is 52.6 Å². The summed E-state index contributed by atoms with van der Waals surface area (Å²) < 4.78 is 6.75. The van der Waals surface area contributed by atoms with E-state index in [0.29, 0.717) is 28.9 Å². The average Bonchev–Trinajstić information content (AvgIpc) is 3.65. The maximum atomic E-state index is 12.5. The van der Waals surface area contributed by atoms with E-state index >= 15 is 0 Å². The number of nitrogens with one attached hydrogen (secondary N) is 1. The molecule has 14 nitrogen and oxygen atoms in total. The molecule has 0 unspecified atom stereocenters. The Morgan fingerprint density at radius 3 is 2.12 bits per heavy atom. The van der Waals surface area contributed by atoms with Crippen LogP contribution in [0, 0.1) is 0 Å². The quantitative estimate of drug-likeness (QED) is 0.314. The summed E-state index contributed by atoms with van der Waals surface area (Å²) in [6.45, 7) is 5.13. The highest BCUT2D eigenvalue weighted by Crippen LogP contribution is 2.26. The van der Waals surface area contributed by atoms with Crippen LogP contribution in [0.3, 0.4) is 0 Å². The number of para-hydroxylation sites is 1. The van der Waals surface area contributed by atoms with E-state index in [1.807, 2.05) is 22.8 Å². The van der Waals surface area contributed by atoms with Crippen molar-refractivity contribution in [2.24, 2.45) is 28.2 Å². The van der Waals surface area contributed by atoms with Crippen LogP contribution in [0.1, 0.15) is 1.43 Å². The first-order valence-corrected chi connectivity index (χ1v) is 13.4. The molecule has 218 valence electrons. The van der Waals surface area contributed by atoms with Gasteiger partial charge in [-0.05, 0) is 12.1 Å². The summed E-state index contributed by atoms with van der Waals surface area (Å²) in [7, 11) is 6.14. The molecule has 4 aromatic heterocycles. The van der Waals surface area contributed by atoms with Crippen LogP contribution >= 0.6 is 11.6 Å². The van der Waals surface area contributed by atoms with Gasteiger partial charge >= 0.3 is 11.4 Å². The third kappa shape index (κ3) is 5.11. The second-order valence-electron chi connectivity index (χ2n) is 9.90. The van der Waals surface area contributed by atoms with Crippen molar-refractivity contribution in [2.75, 3.05) is 37.6 Å². The second-order valence-corrected chi connectivity index (χ2v) is 10.3. The van der Waals surface area contributed by atoms with Crippen molar-refractivity contribution >= 4 is 39.6 Å². The van der Waals surface area contributed by atoms with Gasteiger partial charge in [-0.2, -0.15) is 0 Å². The van der Waals surface area contributed by atoms with Gasteiger partial charge < -0.3 is 14.5 Å². The molecular weight excluding hydrogens is 552 g/mol. The van der Waals surface area contributed by atoms with Gasteiger partial charge in [0.15, 0.2) is 16.8 Å². The number of anilines is 1. The number of benzene rings is 1. The minimum atomic E-state index is -0.371. The average molecular weight is 585 g/mol. The molecule has 1 aromatic carbocycles. The third-order valence-corrected chi connectivity index (χ3v) is 7.79. The Balaban J connectivity index is 0.000000243. The first-order chi connectivity index (χ1) is 19.6. The van der Waals surface area contributed by atoms with Crippen LogP contribution in [0.2, 0.25) is 5.02 Å². The van der Waals surface area contributed by atoms with Gasteiger partial charge in [-0.25, -0.2) is 19.6 Å². The lowest BCUT2D eigenvalue weighted by Gasteiger charge is -2.36. The Bertz CT molecular complexity index is 1980. The van der Waals surface area contributed by atoms with Crippen LogP contribution in [-0.2, 0) is 34.7 Å². The first-order valence-electron chi connectivity index (χ1n) is 13.0. The fourth-order valence-corrected chi connectivity index (χ4v) is 5.26. The van der Waals surface area contributed by atoms with E-state index in [9.17, 15) is 19.2 Å². The van der Waals surface area contributed by atoms with Crippen molar-refractivity contribution in [1.82, 2.24) is 42.7 Å². The number of halogens is 1. The number of piperazine rings is 1. The van der Waals surface area contributed by atoms with Gasteiger partial charge in [0, 0.05) is 68.9 Å². The number of aromatic nitrogens is 8. The zero-order chi connectivity index (χ0) is 29.4. The summed E-state index contributed by atoms with van der Waals surface area (Å²) in [6, 6.07) is 7.92. The van der Waals surface area contributed by atoms with Gasteiger partial charge in [0.2, 0.25) is 0 Å². The molecule has 5 heterocycles. The number of aryl methyl sites for hydroxylation is 2. The standard InChI is InChI=1S/C19H23ClN6O2.C7H8N4O2.H2/c1-22-17-16(18(27)23(2)19(22)28)26(13-21-17)12-9-24-7-10-25(11-8-24)15-6-4-3-5-14(15)20;1-10-5-4(8-3-9-5)6(12)11(2)7(10)13;/h3-6,13H,7-12H2,1-2H3;3H,1-2H3,(H,8,9);1H. The van der Waals surface area contributed by atoms with E-state index in [-0.39, 0.29) is 23.9 Å². The topological polar surface area (TPSA) is 141 Å². The zero-order valence-electron chi connectivity index (χ0n) is 23.2. The van der Waals surface area contributed by atoms with Gasteiger partial charge in [0.25, 0.3) is 11.1 Å². The Hall–Kier alpha value is -4.43. The fourth-order valence-electron chi connectivity index (χ4n) is 5.01. The molecule has 0 radical (unpaired) electrons. The van der Waals surface area contributed by atoms with Crippen LogP contribution < -0.4 is 27.4 Å². The lowest BCUT2D eigenvalue weighted by atomic mass is 10.2. The number of fused-ring (bicyclic) bond motifs is 2. The summed E-state index contributed by atoms with van der Waals surface area (Å²) in [5.41, 5.74) is 1.32. The normalized spacial score (nSPS) is 14.0. The smallest absolute Gasteiger partial charge is 0.332 e. The summed E-state index contributed by atoms with van der Waals surface area (Å²) in [6.07, 6.45) is 3.04. The maximum absolute atomic E-state index is 12.5. The van der Waals surface area contributed by atoms with Crippen molar-refractivity contribution < 1.29 is 1.43 Å². The largest absolute Gasteiger partial charge is 0.368 e. The maximum Gasteiger partial charge on any atom is 0.332 e. The summed E-state index contributed by atoms with van der Waals surface area (Å²) in [5.74, 6) is 0. The van der Waals surface area contributed by atoms with Crippen molar-refractivity contribution in [1.29, 1.82) is 0 Å². The molecule has 0 bridgehead atoms. The molecule has 0 saturated carbocycles. The van der Waals surface area contributed by atoms with Crippen molar-refractivity contribution in [3.05, 3.63) is 83.6 Å². The molecule has 1 fully saturated rings. The summed E-state index contributed by atoms with van der Waals surface area (Å²) in [5, 5.41) is 0.780. The molecule has 0 spiro atoms. The van der Waals surface area contributed by atoms with E-state index in [4.69, 9.17) is 11.6 Å². The van der Waals surface area contributed by atoms with Gasteiger partial charge in [-0.1, -0.05) is 23.7 Å². The molecule has 0 amide bonds. The van der Waals surface area contributed by atoms with Crippen molar-refractivity contribution in [3.63, 3.8) is 0 Å². The lowest BCUT2D eigenvalue weighted by Crippen LogP contribution is -2.47. The number of rotatable bonds is 4. The zero-order valence-corrected chi connectivity index (χ0v) is 24.0. The molecule has 1 saturated heterocycles. The molecule has 41 heavy (non-hydrogen) atoms. The van der Waals surface area contributed by atoms with Crippen LogP contribution in [0.15, 0.2) is 56.1 Å². The Labute approximate surface area is 239 Å². The SMILES string of the molecule is Cn1c(=O)c2[nH]cnc2n(C)c1=O.Cn1c(=O)c2c(ncn2CCN2CCN(c3ccccc3Cl)CC2)n(C)c1=O.[HH].